The van der Waals surface area contributed by atoms with Crippen molar-refractivity contribution in [2.75, 3.05) is 5.43 Å². The van der Waals surface area contributed by atoms with Gasteiger partial charge in [-0.05, 0) is 6.07 Å². The van der Waals surface area contributed by atoms with E-state index in [-0.39, 0.29) is 11.4 Å². The maximum Gasteiger partial charge on any atom is 0.280 e. The van der Waals surface area contributed by atoms with Crippen LogP contribution in [0.4, 0.5) is 15.8 Å². The Balaban J connectivity index is 3.05. The zero-order valence-corrected chi connectivity index (χ0v) is 8.75. The van der Waals surface area contributed by atoms with Crippen molar-refractivity contribution in [3.63, 3.8) is 0 Å². The molecule has 0 bridgehead atoms. The first-order valence-electron chi connectivity index (χ1n) is 4.43. The summed E-state index contributed by atoms with van der Waals surface area (Å²) in [7, 11) is 0. The maximum atomic E-state index is 13.2. The molecule has 9 heteroatoms. The summed E-state index contributed by atoms with van der Waals surface area (Å²) in [6.45, 7) is 0. The van der Waals surface area contributed by atoms with Gasteiger partial charge in [-0.15, -0.1) is 0 Å². The van der Waals surface area contributed by atoms with E-state index in [4.69, 9.17) is 11.0 Å². The van der Waals surface area contributed by atoms with Crippen molar-refractivity contribution >= 4 is 23.0 Å². The monoisotopic (exact) mass is 251 g/mol. The van der Waals surface area contributed by atoms with Gasteiger partial charge in [-0.25, -0.2) is 4.39 Å². The number of nitriles is 1. The Morgan fingerprint density at radius 1 is 1.61 bits per heavy atom. The van der Waals surface area contributed by atoms with Crippen molar-refractivity contribution < 1.29 is 14.1 Å². The summed E-state index contributed by atoms with van der Waals surface area (Å²) in [4.78, 5) is 20.4. The molecular formula is C9H6FN5O3. The number of amides is 1. The highest BCUT2D eigenvalue weighted by Crippen LogP contribution is 2.21. The highest BCUT2D eigenvalue weighted by molar-refractivity contribution is 6.44. The molecule has 0 fully saturated rings. The summed E-state index contributed by atoms with van der Waals surface area (Å²) in [5.74, 6) is -1.93. The number of hydrazone groups is 1. The normalized spacial score (nSPS) is 10.6. The van der Waals surface area contributed by atoms with Gasteiger partial charge >= 0.3 is 0 Å². The zero-order chi connectivity index (χ0) is 13.7. The predicted molar refractivity (Wildman–Crippen MR) is 58.9 cm³/mol. The molecule has 1 rings (SSSR count). The molecule has 0 saturated carbocycles. The highest BCUT2D eigenvalue weighted by Gasteiger charge is 2.11. The molecule has 1 aromatic carbocycles. The largest absolute Gasteiger partial charge is 0.364 e. The number of nitrogens with one attached hydrogen (secondary N) is 1. The fourth-order valence-corrected chi connectivity index (χ4v) is 0.964. The summed E-state index contributed by atoms with van der Waals surface area (Å²) >= 11 is 0. The van der Waals surface area contributed by atoms with Crippen molar-refractivity contribution in [1.82, 2.24) is 0 Å². The van der Waals surface area contributed by atoms with E-state index in [2.05, 4.69) is 5.10 Å². The second-order valence-corrected chi connectivity index (χ2v) is 2.97. The van der Waals surface area contributed by atoms with E-state index < -0.39 is 22.4 Å². The van der Waals surface area contributed by atoms with Gasteiger partial charge in [0, 0.05) is 12.1 Å². The summed E-state index contributed by atoms with van der Waals surface area (Å²) in [6, 6.07) is 4.07. The molecule has 0 aliphatic rings. The third kappa shape index (κ3) is 2.99. The number of nitro groups is 1. The first kappa shape index (κ1) is 13.0. The number of nitrogens with two attached hydrogens (primary N) is 1. The molecule has 0 heterocycles. The van der Waals surface area contributed by atoms with Crippen LogP contribution in [0, 0.1) is 27.3 Å². The quantitative estimate of drug-likeness (QED) is 0.456. The van der Waals surface area contributed by atoms with E-state index in [1.807, 2.05) is 5.43 Å². The van der Waals surface area contributed by atoms with Crippen LogP contribution in [0.3, 0.4) is 0 Å². The number of halogens is 1. The van der Waals surface area contributed by atoms with E-state index in [1.165, 1.54) is 6.07 Å². The van der Waals surface area contributed by atoms with Gasteiger partial charge in [0.15, 0.2) is 0 Å². The lowest BCUT2D eigenvalue weighted by atomic mass is 10.3. The van der Waals surface area contributed by atoms with E-state index in [1.54, 1.807) is 0 Å². The molecule has 0 aliphatic carbocycles. The Labute approximate surface area is 99.7 Å². The molecule has 1 amide bonds. The Hall–Kier alpha value is -3.02. The average Bonchev–Trinajstić information content (AvgIpc) is 2.31. The van der Waals surface area contributed by atoms with Crippen LogP contribution in [0.2, 0.25) is 0 Å². The van der Waals surface area contributed by atoms with Crippen LogP contribution in [0.25, 0.3) is 0 Å². The number of rotatable bonds is 4. The minimum absolute atomic E-state index is 0.349. The van der Waals surface area contributed by atoms with Crippen molar-refractivity contribution in [3.05, 3.63) is 34.1 Å². The lowest BCUT2D eigenvalue weighted by Crippen LogP contribution is -2.22. The number of anilines is 1. The van der Waals surface area contributed by atoms with Crippen LogP contribution in [0.15, 0.2) is 23.3 Å². The van der Waals surface area contributed by atoms with Crippen molar-refractivity contribution in [2.24, 2.45) is 10.8 Å². The van der Waals surface area contributed by atoms with E-state index in [9.17, 15) is 19.3 Å². The van der Waals surface area contributed by atoms with Crippen LogP contribution in [0.1, 0.15) is 0 Å². The average molecular weight is 251 g/mol. The van der Waals surface area contributed by atoms with Gasteiger partial charge in [0.25, 0.3) is 11.6 Å². The third-order valence-electron chi connectivity index (χ3n) is 1.79. The van der Waals surface area contributed by atoms with Gasteiger partial charge < -0.3 is 5.73 Å². The van der Waals surface area contributed by atoms with Gasteiger partial charge in [0.2, 0.25) is 5.71 Å². The van der Waals surface area contributed by atoms with E-state index >= 15 is 0 Å². The lowest BCUT2D eigenvalue weighted by Gasteiger charge is -2.02. The van der Waals surface area contributed by atoms with Crippen LogP contribution < -0.4 is 11.2 Å². The number of carbonyl (C=O) groups is 1. The van der Waals surface area contributed by atoms with Crippen molar-refractivity contribution in [3.8, 4) is 6.07 Å². The number of benzene rings is 1. The summed E-state index contributed by atoms with van der Waals surface area (Å²) in [5.41, 5.74) is 5.42. The van der Waals surface area contributed by atoms with Gasteiger partial charge in [-0.1, -0.05) is 0 Å². The first-order chi connectivity index (χ1) is 8.45. The maximum absolute atomic E-state index is 13.2. The molecule has 1 aromatic rings. The summed E-state index contributed by atoms with van der Waals surface area (Å²) in [6.07, 6.45) is 0. The zero-order valence-electron chi connectivity index (χ0n) is 8.75. The predicted octanol–water partition coefficient (Wildman–Crippen LogP) is 0.511. The molecule has 3 N–H and O–H groups in total. The van der Waals surface area contributed by atoms with Gasteiger partial charge in [0.05, 0.1) is 10.6 Å². The fraction of sp³-hybridized carbons (Fsp3) is 0. The van der Waals surface area contributed by atoms with Crippen molar-refractivity contribution in [1.29, 1.82) is 5.26 Å². The summed E-state index contributed by atoms with van der Waals surface area (Å²) < 4.78 is 13.2. The molecule has 8 nitrogen and oxygen atoms in total. The minimum Gasteiger partial charge on any atom is -0.364 e. The van der Waals surface area contributed by atoms with Crippen LogP contribution in [0.5, 0.6) is 0 Å². The molecule has 0 atom stereocenters. The van der Waals surface area contributed by atoms with E-state index in [0.717, 1.165) is 18.2 Å². The van der Waals surface area contributed by atoms with Crippen LogP contribution in [-0.4, -0.2) is 16.5 Å². The SMILES string of the molecule is N#C/C(=N\Nc1cc([N+](=O)[O-])ccc1F)C(N)=O. The fourth-order valence-electron chi connectivity index (χ4n) is 0.964. The topological polar surface area (TPSA) is 134 Å². The van der Waals surface area contributed by atoms with Crippen LogP contribution >= 0.6 is 0 Å². The van der Waals surface area contributed by atoms with Gasteiger partial charge in [-0.2, -0.15) is 10.4 Å². The number of nitro benzene ring substituents is 1. The Morgan fingerprint density at radius 2 is 2.28 bits per heavy atom. The first-order valence-corrected chi connectivity index (χ1v) is 4.43. The van der Waals surface area contributed by atoms with Crippen LogP contribution in [-0.2, 0) is 4.79 Å². The third-order valence-corrected chi connectivity index (χ3v) is 1.79. The molecule has 92 valence electrons. The number of carbonyl (C=O) groups excluding carboxylic acids is 1. The van der Waals surface area contributed by atoms with E-state index in [0.29, 0.717) is 0 Å². The minimum atomic E-state index is -1.10. The molecular weight excluding hydrogens is 245 g/mol. The van der Waals surface area contributed by atoms with Gasteiger partial charge in [-0.3, -0.25) is 20.3 Å². The number of nitrogens with zero attached hydrogens (tertiary/aromatic N) is 3. The Kier molecular flexibility index (Phi) is 3.88. The second kappa shape index (κ2) is 5.35. The smallest absolute Gasteiger partial charge is 0.280 e. The number of hydrogen-bond acceptors (Lipinski definition) is 6. The standard InChI is InChI=1S/C9H6FN5O3/c10-6-2-1-5(15(17)18)3-7(6)13-14-8(4-11)9(12)16/h1-3,13H,(H2,12,16)/b14-8+. The number of hydrogen-bond donors (Lipinski definition) is 2. The number of primary amides is 1. The molecule has 0 radical (unpaired) electrons. The Morgan fingerprint density at radius 3 is 2.78 bits per heavy atom. The molecule has 0 saturated heterocycles. The molecule has 18 heavy (non-hydrogen) atoms. The molecule has 0 unspecified atom stereocenters. The summed E-state index contributed by atoms with van der Waals surface area (Å²) in [5, 5.41) is 22.2. The highest BCUT2D eigenvalue weighted by atomic mass is 19.1. The van der Waals surface area contributed by atoms with Gasteiger partial charge in [0.1, 0.15) is 11.9 Å². The second-order valence-electron chi connectivity index (χ2n) is 2.97. The number of non-ortho nitro benzene ring substituents is 1. The van der Waals surface area contributed by atoms with Crippen molar-refractivity contribution in [2.45, 2.75) is 0 Å². The lowest BCUT2D eigenvalue weighted by molar-refractivity contribution is -0.384. The molecule has 0 aliphatic heterocycles. The molecule has 0 aromatic heterocycles. The molecule has 0 spiro atoms. The Bertz CT molecular complexity index is 578.